The Kier molecular flexibility index (Phi) is 5.54. The van der Waals surface area contributed by atoms with E-state index in [1.165, 1.54) is 17.0 Å². The molecule has 0 aliphatic carbocycles. The maximum absolute atomic E-state index is 13.4. The highest BCUT2D eigenvalue weighted by molar-refractivity contribution is 9.10. The van der Waals surface area contributed by atoms with Crippen LogP contribution in [0.1, 0.15) is 11.1 Å². The van der Waals surface area contributed by atoms with E-state index in [0.29, 0.717) is 32.7 Å². The van der Waals surface area contributed by atoms with E-state index >= 15 is 0 Å². The SMILES string of the molecule is O=C1/C(=C\c2ccc(Cl)cc2Cl)N=C(c2ccc(F)cc2)N1c1cccc(Br)c1. The van der Waals surface area contributed by atoms with Crippen molar-refractivity contribution in [1.29, 1.82) is 0 Å². The van der Waals surface area contributed by atoms with Gasteiger partial charge in [0, 0.05) is 20.1 Å². The molecule has 29 heavy (non-hydrogen) atoms. The molecular formula is C22H12BrCl2FN2O. The summed E-state index contributed by atoms with van der Waals surface area (Å²) in [6.07, 6.45) is 1.61. The van der Waals surface area contributed by atoms with Gasteiger partial charge in [-0.3, -0.25) is 9.69 Å². The van der Waals surface area contributed by atoms with E-state index in [-0.39, 0.29) is 17.4 Å². The lowest BCUT2D eigenvalue weighted by molar-refractivity contribution is -0.113. The van der Waals surface area contributed by atoms with Crippen LogP contribution in [0.5, 0.6) is 0 Å². The molecule has 7 heteroatoms. The van der Waals surface area contributed by atoms with Gasteiger partial charge in [-0.2, -0.15) is 0 Å². The second kappa shape index (κ2) is 8.11. The number of anilines is 1. The van der Waals surface area contributed by atoms with Gasteiger partial charge in [0.15, 0.2) is 0 Å². The number of benzene rings is 3. The molecule has 144 valence electrons. The number of amides is 1. The van der Waals surface area contributed by atoms with Gasteiger partial charge in [-0.15, -0.1) is 0 Å². The fourth-order valence-corrected chi connectivity index (χ4v) is 3.78. The molecule has 1 amide bonds. The fourth-order valence-electron chi connectivity index (χ4n) is 2.93. The third kappa shape index (κ3) is 4.13. The van der Waals surface area contributed by atoms with E-state index in [2.05, 4.69) is 20.9 Å². The van der Waals surface area contributed by atoms with Crippen molar-refractivity contribution in [2.75, 3.05) is 4.90 Å². The molecule has 3 nitrogen and oxygen atoms in total. The van der Waals surface area contributed by atoms with E-state index in [9.17, 15) is 9.18 Å². The second-order valence-corrected chi connectivity index (χ2v) is 8.02. The van der Waals surface area contributed by atoms with Crippen LogP contribution in [0.2, 0.25) is 10.0 Å². The van der Waals surface area contributed by atoms with E-state index in [0.717, 1.165) is 4.47 Å². The first-order valence-corrected chi connectivity index (χ1v) is 10.1. The number of halogens is 4. The largest absolute Gasteiger partial charge is 0.282 e. The zero-order chi connectivity index (χ0) is 20.5. The lowest BCUT2D eigenvalue weighted by atomic mass is 10.1. The molecule has 0 spiro atoms. The molecule has 0 N–H and O–H groups in total. The number of hydrogen-bond donors (Lipinski definition) is 0. The lowest BCUT2D eigenvalue weighted by Crippen LogP contribution is -2.32. The molecular weight excluding hydrogens is 478 g/mol. The number of amidine groups is 1. The van der Waals surface area contributed by atoms with Crippen LogP contribution in [0.25, 0.3) is 6.08 Å². The molecule has 0 saturated carbocycles. The Balaban J connectivity index is 1.84. The fraction of sp³-hybridized carbons (Fsp3) is 0. The minimum Gasteiger partial charge on any atom is -0.266 e. The summed E-state index contributed by atoms with van der Waals surface area (Å²) in [4.78, 5) is 19.3. The Morgan fingerprint density at radius 3 is 2.45 bits per heavy atom. The van der Waals surface area contributed by atoms with Crippen LogP contribution in [0.4, 0.5) is 10.1 Å². The van der Waals surface area contributed by atoms with Crippen LogP contribution in [0, 0.1) is 5.82 Å². The van der Waals surface area contributed by atoms with E-state index in [4.69, 9.17) is 23.2 Å². The number of hydrogen-bond acceptors (Lipinski definition) is 2. The van der Waals surface area contributed by atoms with Crippen molar-refractivity contribution in [3.05, 3.63) is 104 Å². The Labute approximate surface area is 185 Å². The van der Waals surface area contributed by atoms with Crippen molar-refractivity contribution in [3.8, 4) is 0 Å². The summed E-state index contributed by atoms with van der Waals surface area (Å²) in [5.41, 5.74) is 2.09. The minimum absolute atomic E-state index is 0.216. The molecule has 0 radical (unpaired) electrons. The molecule has 1 heterocycles. The van der Waals surface area contributed by atoms with Crippen LogP contribution >= 0.6 is 39.1 Å². The van der Waals surface area contributed by atoms with Gasteiger partial charge in [0.05, 0.1) is 5.69 Å². The maximum atomic E-state index is 13.4. The topological polar surface area (TPSA) is 32.7 Å². The smallest absolute Gasteiger partial charge is 0.266 e. The summed E-state index contributed by atoms with van der Waals surface area (Å²) in [5, 5.41) is 0.915. The molecule has 0 unspecified atom stereocenters. The normalized spacial score (nSPS) is 15.2. The zero-order valence-corrected chi connectivity index (χ0v) is 17.8. The van der Waals surface area contributed by atoms with Gasteiger partial charge >= 0.3 is 0 Å². The molecule has 1 aliphatic rings. The van der Waals surface area contributed by atoms with Crippen molar-refractivity contribution in [3.63, 3.8) is 0 Å². The average molecular weight is 490 g/mol. The van der Waals surface area contributed by atoms with Crippen molar-refractivity contribution < 1.29 is 9.18 Å². The minimum atomic E-state index is -0.364. The molecule has 1 aliphatic heterocycles. The predicted octanol–water partition coefficient (Wildman–Crippen LogP) is 6.73. The quantitative estimate of drug-likeness (QED) is 0.375. The highest BCUT2D eigenvalue weighted by atomic mass is 79.9. The molecule has 4 rings (SSSR count). The summed E-state index contributed by atoms with van der Waals surface area (Å²) in [7, 11) is 0. The lowest BCUT2D eigenvalue weighted by Gasteiger charge is -2.18. The van der Waals surface area contributed by atoms with Crippen molar-refractivity contribution in [2.24, 2.45) is 4.99 Å². The highest BCUT2D eigenvalue weighted by Crippen LogP contribution is 2.31. The Morgan fingerprint density at radius 2 is 1.76 bits per heavy atom. The predicted molar refractivity (Wildman–Crippen MR) is 119 cm³/mol. The summed E-state index contributed by atoms with van der Waals surface area (Å²) < 4.78 is 14.2. The van der Waals surface area contributed by atoms with E-state index in [1.54, 1.807) is 42.5 Å². The highest BCUT2D eigenvalue weighted by Gasteiger charge is 2.32. The van der Waals surface area contributed by atoms with Gasteiger partial charge in [-0.1, -0.05) is 51.3 Å². The van der Waals surface area contributed by atoms with Gasteiger partial charge in [0.1, 0.15) is 17.3 Å². The summed E-state index contributed by atoms with van der Waals surface area (Å²) in [6, 6.07) is 18.2. The van der Waals surface area contributed by atoms with Crippen LogP contribution < -0.4 is 4.90 Å². The first-order chi connectivity index (χ1) is 13.9. The molecule has 0 aromatic heterocycles. The summed E-state index contributed by atoms with van der Waals surface area (Å²) in [5.74, 6) is -0.269. The number of carbonyl (C=O) groups excluding carboxylic acids is 1. The Hall–Kier alpha value is -2.47. The van der Waals surface area contributed by atoms with Gasteiger partial charge in [0.25, 0.3) is 5.91 Å². The Bertz CT molecular complexity index is 1180. The number of aliphatic imine (C=N–C) groups is 1. The van der Waals surface area contributed by atoms with Crippen molar-refractivity contribution in [2.45, 2.75) is 0 Å². The van der Waals surface area contributed by atoms with Crippen LogP contribution in [-0.4, -0.2) is 11.7 Å². The summed E-state index contributed by atoms with van der Waals surface area (Å²) >= 11 is 15.6. The number of nitrogens with zero attached hydrogens (tertiary/aromatic N) is 2. The number of rotatable bonds is 3. The maximum Gasteiger partial charge on any atom is 0.282 e. The van der Waals surface area contributed by atoms with Crippen LogP contribution in [0.15, 0.2) is 81.9 Å². The standard InChI is InChI=1S/C22H12BrCl2FN2O/c23-15-2-1-3-18(11-15)28-21(13-5-8-17(26)9-6-13)27-20(22(28)29)10-14-4-7-16(24)12-19(14)25/h1-12H/b20-10+. The van der Waals surface area contributed by atoms with E-state index < -0.39 is 0 Å². The van der Waals surface area contributed by atoms with Crippen molar-refractivity contribution in [1.82, 2.24) is 0 Å². The summed E-state index contributed by atoms with van der Waals surface area (Å²) in [6.45, 7) is 0. The average Bonchev–Trinajstić information content (AvgIpc) is 3.01. The van der Waals surface area contributed by atoms with Gasteiger partial charge < -0.3 is 0 Å². The van der Waals surface area contributed by atoms with Gasteiger partial charge in [-0.05, 0) is 66.2 Å². The first kappa shape index (κ1) is 19.8. The first-order valence-electron chi connectivity index (χ1n) is 8.54. The second-order valence-electron chi connectivity index (χ2n) is 6.26. The molecule has 0 atom stereocenters. The third-order valence-corrected chi connectivity index (χ3v) is 5.34. The van der Waals surface area contributed by atoms with Crippen molar-refractivity contribution >= 4 is 62.6 Å². The molecule has 0 fully saturated rings. The third-order valence-electron chi connectivity index (χ3n) is 4.28. The van der Waals surface area contributed by atoms with E-state index in [1.807, 2.05) is 18.2 Å². The number of carbonyl (C=O) groups is 1. The zero-order valence-electron chi connectivity index (χ0n) is 14.7. The molecule has 0 saturated heterocycles. The van der Waals surface area contributed by atoms with Gasteiger partial charge in [0.2, 0.25) is 0 Å². The Morgan fingerprint density at radius 1 is 1.00 bits per heavy atom. The van der Waals surface area contributed by atoms with Gasteiger partial charge in [-0.25, -0.2) is 9.38 Å². The molecule has 3 aromatic carbocycles. The monoisotopic (exact) mass is 488 g/mol. The van der Waals surface area contributed by atoms with Crippen LogP contribution in [0.3, 0.4) is 0 Å². The van der Waals surface area contributed by atoms with Crippen LogP contribution in [-0.2, 0) is 4.79 Å². The molecule has 3 aromatic rings. The molecule has 0 bridgehead atoms.